The van der Waals surface area contributed by atoms with E-state index in [2.05, 4.69) is 26.2 Å². The van der Waals surface area contributed by atoms with E-state index in [1.54, 1.807) is 7.05 Å². The van der Waals surface area contributed by atoms with Crippen LogP contribution in [-0.2, 0) is 7.05 Å². The Hall–Kier alpha value is -0.750. The summed E-state index contributed by atoms with van der Waals surface area (Å²) in [5.74, 6) is 0.0535. The Morgan fingerprint density at radius 1 is 1.57 bits per heavy atom. The first-order chi connectivity index (χ1) is 6.66. The van der Waals surface area contributed by atoms with Crippen LogP contribution in [-0.4, -0.2) is 27.3 Å². The maximum atomic E-state index is 11.7. The summed E-state index contributed by atoms with van der Waals surface area (Å²) in [6.45, 7) is 0.623. The molecule has 14 heavy (non-hydrogen) atoms. The van der Waals surface area contributed by atoms with Gasteiger partial charge in [0.1, 0.15) is 5.69 Å². The summed E-state index contributed by atoms with van der Waals surface area (Å²) in [4.78, 5) is 11.7. The second-order valence-electron chi connectivity index (χ2n) is 3.02. The molecule has 0 aliphatic rings. The van der Waals surface area contributed by atoms with Crippen molar-refractivity contribution in [3.05, 3.63) is 10.3 Å². The Kier molecular flexibility index (Phi) is 4.21. The molecule has 1 rings (SSSR count). The minimum Gasteiger partial charge on any atom is -0.330 e. The van der Waals surface area contributed by atoms with Crippen molar-refractivity contribution in [3.8, 4) is 0 Å². The average molecular weight is 261 g/mol. The number of unbranched alkanes of at least 4 members (excludes halogenated alkanes) is 1. The number of carbonyl (C=O) groups excluding carboxylic acids is 1. The van der Waals surface area contributed by atoms with Gasteiger partial charge in [0, 0.05) is 13.5 Å². The highest BCUT2D eigenvalue weighted by molar-refractivity contribution is 9.10. The van der Waals surface area contributed by atoms with Crippen molar-refractivity contribution in [3.63, 3.8) is 0 Å². The van der Waals surface area contributed by atoms with Gasteiger partial charge >= 0.3 is 0 Å². The third-order valence-electron chi connectivity index (χ3n) is 1.91. The largest absolute Gasteiger partial charge is 0.330 e. The van der Waals surface area contributed by atoms with E-state index in [9.17, 15) is 4.79 Å². The monoisotopic (exact) mass is 260 g/mol. The highest BCUT2D eigenvalue weighted by Crippen LogP contribution is 2.14. The van der Waals surface area contributed by atoms with Gasteiger partial charge < -0.3 is 5.73 Å². The zero-order valence-electron chi connectivity index (χ0n) is 8.03. The summed E-state index contributed by atoms with van der Waals surface area (Å²) in [6, 6.07) is 0. The van der Waals surface area contributed by atoms with Crippen molar-refractivity contribution < 1.29 is 4.79 Å². The molecule has 5 nitrogen and oxygen atoms in total. The van der Waals surface area contributed by atoms with E-state index in [-0.39, 0.29) is 5.78 Å². The smallest absolute Gasteiger partial charge is 0.183 e. The first-order valence-corrected chi connectivity index (χ1v) is 5.24. The summed E-state index contributed by atoms with van der Waals surface area (Å²) in [7, 11) is 1.70. The Balaban J connectivity index is 2.60. The van der Waals surface area contributed by atoms with Gasteiger partial charge in [-0.25, -0.2) is 4.68 Å². The molecule has 0 unspecified atom stereocenters. The number of Topliss-reactive ketones (excluding diaryl/α,β-unsaturated/α-hetero) is 1. The average Bonchev–Trinajstić information content (AvgIpc) is 2.46. The molecule has 0 aromatic carbocycles. The predicted octanol–water partition coefficient (Wildman–Crippen LogP) is 0.889. The molecule has 0 saturated carbocycles. The van der Waals surface area contributed by atoms with Crippen LogP contribution in [0.15, 0.2) is 4.60 Å². The highest BCUT2D eigenvalue weighted by Gasteiger charge is 2.15. The fraction of sp³-hybridized carbons (Fsp3) is 0.625. The van der Waals surface area contributed by atoms with Crippen LogP contribution in [0.1, 0.15) is 29.8 Å². The highest BCUT2D eigenvalue weighted by atomic mass is 79.9. The molecule has 0 spiro atoms. The third-order valence-corrected chi connectivity index (χ3v) is 2.44. The van der Waals surface area contributed by atoms with E-state index < -0.39 is 0 Å². The van der Waals surface area contributed by atoms with E-state index >= 15 is 0 Å². The van der Waals surface area contributed by atoms with E-state index in [4.69, 9.17) is 5.73 Å². The number of nitrogens with zero attached hydrogens (tertiary/aromatic N) is 3. The number of hydrogen-bond donors (Lipinski definition) is 1. The van der Waals surface area contributed by atoms with Gasteiger partial charge in [0.05, 0.1) is 0 Å². The molecule has 0 fully saturated rings. The molecular weight excluding hydrogens is 248 g/mol. The summed E-state index contributed by atoms with van der Waals surface area (Å²) in [6.07, 6.45) is 2.18. The molecule has 0 aliphatic heterocycles. The molecule has 6 heteroatoms. The molecule has 0 atom stereocenters. The summed E-state index contributed by atoms with van der Waals surface area (Å²) in [5.41, 5.74) is 5.87. The van der Waals surface area contributed by atoms with Crippen molar-refractivity contribution >= 4 is 21.7 Å². The number of rotatable bonds is 5. The Morgan fingerprint density at radius 3 is 2.79 bits per heavy atom. The lowest BCUT2D eigenvalue weighted by Crippen LogP contribution is -2.08. The number of nitrogens with two attached hydrogens (primary N) is 1. The molecule has 1 aromatic rings. The molecule has 78 valence electrons. The van der Waals surface area contributed by atoms with Crippen LogP contribution < -0.4 is 5.73 Å². The second-order valence-corrected chi connectivity index (χ2v) is 3.77. The number of carbonyl (C=O) groups is 1. The molecule has 0 aliphatic carbocycles. The first-order valence-electron chi connectivity index (χ1n) is 4.45. The van der Waals surface area contributed by atoms with Gasteiger partial charge in [0.2, 0.25) is 0 Å². The Morgan fingerprint density at radius 2 is 2.29 bits per heavy atom. The van der Waals surface area contributed by atoms with Crippen LogP contribution in [0.5, 0.6) is 0 Å². The van der Waals surface area contributed by atoms with Crippen LogP contribution in [0.3, 0.4) is 0 Å². The summed E-state index contributed by atoms with van der Waals surface area (Å²) in [5, 5.41) is 7.49. The number of ketones is 1. The minimum atomic E-state index is 0.0535. The molecular formula is C8H13BrN4O. The van der Waals surface area contributed by atoms with Crippen LogP contribution >= 0.6 is 15.9 Å². The van der Waals surface area contributed by atoms with Gasteiger partial charge in [-0.2, -0.15) is 0 Å². The third kappa shape index (κ3) is 2.62. The van der Waals surface area contributed by atoms with Gasteiger partial charge in [-0.15, -0.1) is 5.10 Å². The van der Waals surface area contributed by atoms with Crippen LogP contribution in [0.25, 0.3) is 0 Å². The van der Waals surface area contributed by atoms with Crippen LogP contribution in [0, 0.1) is 0 Å². The number of aromatic nitrogens is 3. The zero-order chi connectivity index (χ0) is 10.6. The molecule has 0 radical (unpaired) electrons. The maximum Gasteiger partial charge on any atom is 0.183 e. The number of aryl methyl sites for hydroxylation is 1. The fourth-order valence-electron chi connectivity index (χ4n) is 1.18. The molecule has 2 N–H and O–H groups in total. The Bertz CT molecular complexity index is 304. The SMILES string of the molecule is Cn1nnc(Br)c1C(=O)CCCCN. The van der Waals surface area contributed by atoms with E-state index in [1.807, 2.05) is 0 Å². The van der Waals surface area contributed by atoms with Gasteiger partial charge in [-0.1, -0.05) is 5.21 Å². The standard InChI is InChI=1S/C8H13BrN4O/c1-13-7(8(9)11-12-13)6(14)4-2-3-5-10/h2-5,10H2,1H3. The molecule has 0 amide bonds. The lowest BCUT2D eigenvalue weighted by atomic mass is 10.1. The lowest BCUT2D eigenvalue weighted by Gasteiger charge is -2.00. The topological polar surface area (TPSA) is 73.8 Å². The zero-order valence-corrected chi connectivity index (χ0v) is 9.62. The molecule has 0 bridgehead atoms. The van der Waals surface area contributed by atoms with Crippen molar-refractivity contribution in [1.29, 1.82) is 0 Å². The fourth-order valence-corrected chi connectivity index (χ4v) is 1.72. The number of halogens is 1. The molecule has 1 heterocycles. The van der Waals surface area contributed by atoms with Gasteiger partial charge in [-0.3, -0.25) is 4.79 Å². The number of hydrogen-bond acceptors (Lipinski definition) is 4. The maximum absolute atomic E-state index is 11.7. The quantitative estimate of drug-likeness (QED) is 0.631. The summed E-state index contributed by atoms with van der Waals surface area (Å²) >= 11 is 3.19. The van der Waals surface area contributed by atoms with Crippen molar-refractivity contribution in [2.75, 3.05) is 6.54 Å². The predicted molar refractivity (Wildman–Crippen MR) is 55.9 cm³/mol. The van der Waals surface area contributed by atoms with Crippen molar-refractivity contribution in [2.45, 2.75) is 19.3 Å². The van der Waals surface area contributed by atoms with Gasteiger partial charge in [0.25, 0.3) is 0 Å². The van der Waals surface area contributed by atoms with Gasteiger partial charge in [-0.05, 0) is 35.3 Å². The van der Waals surface area contributed by atoms with Crippen molar-refractivity contribution in [2.24, 2.45) is 12.8 Å². The van der Waals surface area contributed by atoms with Crippen molar-refractivity contribution in [1.82, 2.24) is 15.0 Å². The van der Waals surface area contributed by atoms with Crippen LogP contribution in [0.2, 0.25) is 0 Å². The Labute approximate surface area is 90.8 Å². The summed E-state index contributed by atoms with van der Waals surface area (Å²) < 4.78 is 1.99. The van der Waals surface area contributed by atoms with Crippen LogP contribution in [0.4, 0.5) is 0 Å². The normalized spacial score (nSPS) is 10.5. The van der Waals surface area contributed by atoms with Gasteiger partial charge in [0.15, 0.2) is 10.4 Å². The molecule has 1 aromatic heterocycles. The second kappa shape index (κ2) is 5.21. The van der Waals surface area contributed by atoms with E-state index in [0.29, 0.717) is 23.3 Å². The van der Waals surface area contributed by atoms with E-state index in [1.165, 1.54) is 4.68 Å². The molecule has 0 saturated heterocycles. The minimum absolute atomic E-state index is 0.0535. The van der Waals surface area contributed by atoms with E-state index in [0.717, 1.165) is 12.8 Å². The first kappa shape index (κ1) is 11.3. The lowest BCUT2D eigenvalue weighted by molar-refractivity contribution is 0.0969.